The summed E-state index contributed by atoms with van der Waals surface area (Å²) in [5, 5.41) is 13.4. The molecule has 0 aliphatic rings. The lowest BCUT2D eigenvalue weighted by atomic mass is 10.3. The number of rotatable bonds is 3. The fraction of sp³-hybridized carbons (Fsp3) is 0.750. The van der Waals surface area contributed by atoms with Crippen LogP contribution in [0, 0.1) is 5.21 Å². The monoisotopic (exact) mass is 147 g/mol. The maximum absolute atomic E-state index is 10.5. The first kappa shape index (κ1) is 8.67. The van der Waals surface area contributed by atoms with Gasteiger partial charge in [-0.3, -0.25) is 4.79 Å². The predicted molar refractivity (Wildman–Crippen MR) is 31.7 cm³/mol. The van der Waals surface area contributed by atoms with E-state index >= 15 is 0 Å². The lowest BCUT2D eigenvalue weighted by Gasteiger charge is -2.02. The summed E-state index contributed by atoms with van der Waals surface area (Å²) in [6, 6.07) is -0.986. The van der Waals surface area contributed by atoms with Crippen LogP contribution in [0.15, 0.2) is 5.28 Å². The molecular weight excluding hydrogens is 138 g/mol. The second-order valence-corrected chi connectivity index (χ2v) is 1.65. The minimum atomic E-state index is -0.986. The van der Waals surface area contributed by atoms with Crippen molar-refractivity contribution in [3.8, 4) is 0 Å². The third-order valence-electron chi connectivity index (χ3n) is 0.905. The molecule has 0 aliphatic carbocycles. The fourth-order valence-corrected chi connectivity index (χ4v) is 0.260. The molecule has 0 heterocycles. The van der Waals surface area contributed by atoms with E-state index in [0.717, 1.165) is 0 Å². The van der Waals surface area contributed by atoms with Gasteiger partial charge in [0.05, 0.1) is 0 Å². The van der Waals surface area contributed by atoms with E-state index in [0.29, 0.717) is 0 Å². The van der Waals surface area contributed by atoms with Crippen LogP contribution in [0.1, 0.15) is 6.92 Å². The Morgan fingerprint density at radius 2 is 2.40 bits per heavy atom. The first-order chi connectivity index (χ1) is 4.59. The van der Waals surface area contributed by atoms with Crippen LogP contribution in [0.2, 0.25) is 0 Å². The second-order valence-electron chi connectivity index (χ2n) is 1.65. The molecule has 10 heavy (non-hydrogen) atoms. The molecule has 0 bridgehead atoms. The number of nitrogens with zero attached hydrogens (tertiary/aromatic N) is 2. The van der Waals surface area contributed by atoms with Gasteiger partial charge in [0.25, 0.3) is 11.9 Å². The summed E-state index contributed by atoms with van der Waals surface area (Å²) in [6.45, 7) is 1.33. The van der Waals surface area contributed by atoms with Crippen molar-refractivity contribution in [1.82, 2.24) is 0 Å². The first-order valence-corrected chi connectivity index (χ1v) is 2.59. The average Bonchev–Trinajstić information content (AvgIpc) is 1.87. The third-order valence-corrected chi connectivity index (χ3v) is 0.905. The molecule has 6 heteroatoms. The Balaban J connectivity index is 4.06. The number of hydrogen-bond donors (Lipinski definition) is 1. The fourth-order valence-electron chi connectivity index (χ4n) is 0.260. The Hall–Kier alpha value is -1.33. The number of nitrogens with two attached hydrogens (primary N) is 1. The lowest BCUT2D eigenvalue weighted by molar-refractivity contribution is -0.576. The van der Waals surface area contributed by atoms with E-state index in [1.54, 1.807) is 0 Å². The summed E-state index contributed by atoms with van der Waals surface area (Å²) in [5.74, 6) is -0.740. The van der Waals surface area contributed by atoms with Crippen molar-refractivity contribution in [2.45, 2.75) is 13.0 Å². The van der Waals surface area contributed by atoms with Crippen molar-refractivity contribution in [3.05, 3.63) is 5.21 Å². The first-order valence-electron chi connectivity index (χ1n) is 2.59. The number of amides is 1. The van der Waals surface area contributed by atoms with Crippen LogP contribution in [-0.4, -0.2) is 23.9 Å². The van der Waals surface area contributed by atoms with Crippen LogP contribution in [-0.2, 0) is 9.63 Å². The summed E-state index contributed by atoms with van der Waals surface area (Å²) < 4.78 is 0. The molecule has 0 radical (unpaired) electrons. The van der Waals surface area contributed by atoms with Gasteiger partial charge < -0.3 is 15.8 Å². The molecule has 0 aromatic heterocycles. The molecule has 0 spiro atoms. The Kier molecular flexibility index (Phi) is 3.16. The number of carbonyl (C=O) groups excluding carboxylic acids is 1. The van der Waals surface area contributed by atoms with E-state index in [-0.39, 0.29) is 4.86 Å². The molecule has 1 amide bonds. The quantitative estimate of drug-likeness (QED) is 0.327. The summed E-state index contributed by atoms with van der Waals surface area (Å²) >= 11 is 0. The number of hydrogen-bond acceptors (Lipinski definition) is 4. The molecule has 0 saturated carbocycles. The van der Waals surface area contributed by atoms with E-state index in [2.05, 4.69) is 10.1 Å². The van der Waals surface area contributed by atoms with Crippen molar-refractivity contribution < 1.29 is 14.5 Å². The minimum Gasteiger partial charge on any atom is -0.597 e. The van der Waals surface area contributed by atoms with Crippen molar-refractivity contribution in [2.75, 3.05) is 7.11 Å². The van der Waals surface area contributed by atoms with Gasteiger partial charge in [-0.2, -0.15) is 0 Å². The van der Waals surface area contributed by atoms with Gasteiger partial charge in [0.1, 0.15) is 7.11 Å². The topological polar surface area (TPSA) is 90.8 Å². The van der Waals surface area contributed by atoms with E-state index < -0.39 is 11.9 Å². The zero-order valence-corrected chi connectivity index (χ0v) is 5.77. The van der Waals surface area contributed by atoms with E-state index in [1.165, 1.54) is 14.0 Å². The van der Waals surface area contributed by atoms with Gasteiger partial charge in [-0.15, -0.1) is 0 Å². The van der Waals surface area contributed by atoms with Gasteiger partial charge in [0, 0.05) is 6.92 Å². The van der Waals surface area contributed by atoms with E-state index in [9.17, 15) is 10.0 Å². The van der Waals surface area contributed by atoms with Crippen LogP contribution in [0.25, 0.3) is 0 Å². The molecule has 2 N–H and O–H groups in total. The maximum Gasteiger partial charge on any atom is 0.289 e. The Morgan fingerprint density at radius 3 is 2.70 bits per heavy atom. The zero-order valence-electron chi connectivity index (χ0n) is 5.77. The number of primary amides is 1. The summed E-state index contributed by atoms with van der Waals surface area (Å²) in [5.41, 5.74) is 4.77. The van der Waals surface area contributed by atoms with Gasteiger partial charge in [-0.25, -0.2) is 0 Å². The maximum atomic E-state index is 10.5. The van der Waals surface area contributed by atoms with Crippen molar-refractivity contribution in [1.29, 1.82) is 0 Å². The van der Waals surface area contributed by atoms with Crippen LogP contribution in [0.5, 0.6) is 0 Å². The van der Waals surface area contributed by atoms with Crippen LogP contribution in [0.3, 0.4) is 0 Å². The zero-order chi connectivity index (χ0) is 8.15. The molecule has 58 valence electrons. The molecule has 1 atom stereocenters. The van der Waals surface area contributed by atoms with Crippen molar-refractivity contribution in [3.63, 3.8) is 0 Å². The smallest absolute Gasteiger partial charge is 0.289 e. The van der Waals surface area contributed by atoms with Crippen LogP contribution in [0.4, 0.5) is 0 Å². The van der Waals surface area contributed by atoms with Crippen molar-refractivity contribution in [2.24, 2.45) is 11.0 Å². The molecule has 0 saturated heterocycles. The second kappa shape index (κ2) is 3.65. The lowest BCUT2D eigenvalue weighted by Crippen LogP contribution is -2.32. The van der Waals surface area contributed by atoms with Gasteiger partial charge >= 0.3 is 0 Å². The van der Waals surface area contributed by atoms with Crippen LogP contribution >= 0.6 is 0 Å². The Labute approximate surface area is 57.8 Å². The highest BCUT2D eigenvalue weighted by Crippen LogP contribution is 1.88. The third kappa shape index (κ3) is 2.29. The van der Waals surface area contributed by atoms with Crippen LogP contribution < -0.4 is 5.73 Å². The summed E-state index contributed by atoms with van der Waals surface area (Å²) in [6.07, 6.45) is 0. The SMILES string of the molecule is CO/N=[N+](\[O-])C(C)C(N)=O. The molecule has 0 rings (SSSR count). The molecule has 0 aromatic rings. The molecule has 0 fully saturated rings. The molecule has 0 aromatic carbocycles. The van der Waals surface area contributed by atoms with Gasteiger partial charge in [0.2, 0.25) is 0 Å². The average molecular weight is 147 g/mol. The normalized spacial score (nSPS) is 14.4. The highest BCUT2D eigenvalue weighted by atomic mass is 16.7. The standard InChI is InChI=1S/C4H9N3O3/c1-3(4(5)8)7(9)6-10-2/h3H,1-2H3,(H2,5,8)/b7-6-. The molecule has 1 unspecified atom stereocenters. The highest BCUT2D eigenvalue weighted by Gasteiger charge is 2.17. The van der Waals surface area contributed by atoms with Gasteiger partial charge in [0.15, 0.2) is 5.28 Å². The van der Waals surface area contributed by atoms with E-state index in [4.69, 9.17) is 5.73 Å². The largest absolute Gasteiger partial charge is 0.597 e. The van der Waals surface area contributed by atoms with Gasteiger partial charge in [-0.1, -0.05) is 0 Å². The Morgan fingerprint density at radius 1 is 1.90 bits per heavy atom. The van der Waals surface area contributed by atoms with Crippen molar-refractivity contribution >= 4 is 5.91 Å². The van der Waals surface area contributed by atoms with E-state index in [1.807, 2.05) is 0 Å². The molecule has 0 aliphatic heterocycles. The summed E-state index contributed by atoms with van der Waals surface area (Å²) in [4.78, 5) is 14.5. The Bertz CT molecular complexity index is 156. The number of hydroxylamine groups is 1. The van der Waals surface area contributed by atoms with Gasteiger partial charge in [-0.05, 0) is 4.86 Å². The summed E-state index contributed by atoms with van der Waals surface area (Å²) in [7, 11) is 1.21. The molecule has 6 nitrogen and oxygen atoms in total. The highest BCUT2D eigenvalue weighted by molar-refractivity contribution is 5.77. The number of carbonyl (C=O) groups is 1. The minimum absolute atomic E-state index is 0.0995. The molecular formula is C4H9N3O3. The predicted octanol–water partition coefficient (Wildman–Crippen LogP) is -0.616.